The number of nitrogens with zero attached hydrogens (tertiary/aromatic N) is 4. The summed E-state index contributed by atoms with van der Waals surface area (Å²) in [6, 6.07) is 7.86. The van der Waals surface area contributed by atoms with Crippen molar-refractivity contribution in [3.05, 3.63) is 70.4 Å². The minimum absolute atomic E-state index is 0.0439. The van der Waals surface area contributed by atoms with E-state index in [0.29, 0.717) is 31.5 Å². The third kappa shape index (κ3) is 9.07. The van der Waals surface area contributed by atoms with Crippen molar-refractivity contribution in [2.75, 3.05) is 11.9 Å². The molecule has 0 saturated heterocycles. The van der Waals surface area contributed by atoms with Gasteiger partial charge in [0.1, 0.15) is 5.75 Å². The molecule has 3 aromatic rings. The van der Waals surface area contributed by atoms with E-state index >= 15 is 0 Å². The summed E-state index contributed by atoms with van der Waals surface area (Å²) in [5.41, 5.74) is 5.23. The van der Waals surface area contributed by atoms with Crippen LogP contribution in [0.15, 0.2) is 53.6 Å². The lowest BCUT2D eigenvalue weighted by Crippen LogP contribution is -2.33. The van der Waals surface area contributed by atoms with Gasteiger partial charge in [0.15, 0.2) is 5.69 Å². The lowest BCUT2D eigenvalue weighted by atomic mass is 10.1. The Morgan fingerprint density at radius 2 is 1.84 bits per heavy atom. The number of carbonyl (C=O) groups is 3. The molecule has 12 nitrogen and oxygen atoms in total. The van der Waals surface area contributed by atoms with E-state index in [4.69, 9.17) is 5.73 Å². The van der Waals surface area contributed by atoms with Gasteiger partial charge in [-0.3, -0.25) is 23.9 Å². The third-order valence-corrected chi connectivity index (χ3v) is 5.01. The molecule has 3 rings (SSSR count). The first-order valence-electron chi connectivity index (χ1n) is 11.3. The van der Waals surface area contributed by atoms with Crippen molar-refractivity contribution >= 4 is 23.4 Å². The van der Waals surface area contributed by atoms with E-state index in [2.05, 4.69) is 25.7 Å². The smallest absolute Gasteiger partial charge is 0.406 e. The number of unbranched alkanes of at least 4 members (excludes halogenated alkanes) is 1. The van der Waals surface area contributed by atoms with Crippen LogP contribution in [0.3, 0.4) is 0 Å². The molecule has 38 heavy (non-hydrogen) atoms. The Balaban J connectivity index is 1.45. The van der Waals surface area contributed by atoms with Crippen LogP contribution in [0.5, 0.6) is 5.75 Å². The number of amides is 3. The third-order valence-electron chi connectivity index (χ3n) is 5.01. The topological polar surface area (TPSA) is 163 Å². The summed E-state index contributed by atoms with van der Waals surface area (Å²) in [6.45, 7) is 0.519. The quantitative estimate of drug-likeness (QED) is 0.294. The van der Waals surface area contributed by atoms with Gasteiger partial charge in [-0.2, -0.15) is 0 Å². The number of pyridine rings is 1. The number of carbonyl (C=O) groups excluding carboxylic acids is 3. The lowest BCUT2D eigenvalue weighted by molar-refractivity contribution is -0.274. The van der Waals surface area contributed by atoms with E-state index in [1.807, 2.05) is 0 Å². The molecule has 2 aromatic heterocycles. The number of hydrogen-bond acceptors (Lipinski definition) is 7. The van der Waals surface area contributed by atoms with Gasteiger partial charge in [-0.25, -0.2) is 0 Å². The van der Waals surface area contributed by atoms with Gasteiger partial charge >= 0.3 is 6.36 Å². The number of nitrogens with one attached hydrogen (secondary N) is 2. The van der Waals surface area contributed by atoms with Crippen molar-refractivity contribution in [1.82, 2.24) is 24.9 Å². The Morgan fingerprint density at radius 3 is 2.55 bits per heavy atom. The van der Waals surface area contributed by atoms with Crippen molar-refractivity contribution in [2.45, 2.75) is 38.7 Å². The van der Waals surface area contributed by atoms with E-state index < -0.39 is 29.8 Å². The number of aryl methyl sites for hydroxylation is 2. The molecular formula is C23H24F3N7O5. The highest BCUT2D eigenvalue weighted by molar-refractivity contribution is 5.94. The van der Waals surface area contributed by atoms with Crippen LogP contribution in [-0.4, -0.2) is 50.2 Å². The predicted octanol–water partition coefficient (Wildman–Crippen LogP) is 1.22. The number of halogens is 3. The molecule has 0 spiro atoms. The molecule has 0 aliphatic rings. The zero-order valence-corrected chi connectivity index (χ0v) is 19.9. The standard InChI is InChI=1S/C23H24F3N7O5/c24-23(25,26)38-17-5-3-4-15(10-17)11-20(35)29-16-6-9-32(21(36)12-16)7-1-2-8-33-14-18(30-31-33)22(37)28-13-19(27)34/h3-6,9-10,12,14H,1-2,7-8,11,13H2,(H2,27,34)(H,28,37)(H,29,35). The Labute approximate surface area is 213 Å². The van der Waals surface area contributed by atoms with Gasteiger partial charge in [0, 0.05) is 31.0 Å². The van der Waals surface area contributed by atoms with Crippen LogP contribution in [0, 0.1) is 0 Å². The van der Waals surface area contributed by atoms with Gasteiger partial charge in [0.2, 0.25) is 11.8 Å². The van der Waals surface area contributed by atoms with Crippen molar-refractivity contribution in [3.63, 3.8) is 0 Å². The molecule has 4 N–H and O–H groups in total. The normalized spacial score (nSPS) is 11.1. The molecule has 1 aromatic carbocycles. The van der Waals surface area contributed by atoms with Crippen molar-refractivity contribution in [3.8, 4) is 5.75 Å². The first-order valence-corrected chi connectivity index (χ1v) is 11.3. The molecule has 0 unspecified atom stereocenters. The molecule has 0 bridgehead atoms. The lowest BCUT2D eigenvalue weighted by Gasteiger charge is -2.11. The van der Waals surface area contributed by atoms with E-state index in [-0.39, 0.29) is 29.9 Å². The molecule has 2 heterocycles. The largest absolute Gasteiger partial charge is 0.573 e. The average Bonchev–Trinajstić information content (AvgIpc) is 3.29. The van der Waals surface area contributed by atoms with Gasteiger partial charge in [0.25, 0.3) is 11.5 Å². The summed E-state index contributed by atoms with van der Waals surface area (Å²) in [6.07, 6.45) is -0.878. The monoisotopic (exact) mass is 535 g/mol. The highest BCUT2D eigenvalue weighted by Gasteiger charge is 2.31. The Kier molecular flexibility index (Phi) is 9.18. The number of rotatable bonds is 12. The van der Waals surface area contributed by atoms with Crippen LogP contribution in [0.2, 0.25) is 0 Å². The van der Waals surface area contributed by atoms with Gasteiger partial charge in [-0.1, -0.05) is 17.3 Å². The van der Waals surface area contributed by atoms with Crippen molar-refractivity contribution in [1.29, 1.82) is 0 Å². The summed E-state index contributed by atoms with van der Waals surface area (Å²) < 4.78 is 43.9. The number of ether oxygens (including phenoxy) is 1. The zero-order chi connectivity index (χ0) is 27.7. The number of benzene rings is 1. The summed E-state index contributed by atoms with van der Waals surface area (Å²) in [7, 11) is 0. The fourth-order valence-corrected chi connectivity index (χ4v) is 3.34. The summed E-state index contributed by atoms with van der Waals surface area (Å²) >= 11 is 0. The molecule has 0 aliphatic heterocycles. The van der Waals surface area contributed by atoms with Crippen molar-refractivity contribution < 1.29 is 32.3 Å². The molecule has 0 fully saturated rings. The van der Waals surface area contributed by atoms with Gasteiger partial charge in [-0.05, 0) is 36.6 Å². The van der Waals surface area contributed by atoms with E-state index in [1.165, 1.54) is 45.9 Å². The van der Waals surface area contributed by atoms with E-state index in [0.717, 1.165) is 12.1 Å². The first kappa shape index (κ1) is 27.9. The molecule has 3 amide bonds. The molecule has 0 radical (unpaired) electrons. The number of aromatic nitrogens is 4. The van der Waals surface area contributed by atoms with E-state index in [1.54, 1.807) is 0 Å². The summed E-state index contributed by atoms with van der Waals surface area (Å²) in [5, 5.41) is 12.4. The van der Waals surface area contributed by atoms with Crippen LogP contribution < -0.4 is 26.7 Å². The SMILES string of the molecule is NC(=O)CNC(=O)c1cn(CCCCn2ccc(NC(=O)Cc3cccc(OC(F)(F)F)c3)cc2=O)nn1. The minimum atomic E-state index is -4.84. The zero-order valence-electron chi connectivity index (χ0n) is 19.9. The van der Waals surface area contributed by atoms with Gasteiger partial charge < -0.3 is 25.7 Å². The number of hydrogen-bond donors (Lipinski definition) is 3. The fourth-order valence-electron chi connectivity index (χ4n) is 3.34. The number of nitrogens with two attached hydrogens (primary N) is 1. The molecular weight excluding hydrogens is 511 g/mol. The van der Waals surface area contributed by atoms with Crippen LogP contribution in [0.1, 0.15) is 28.9 Å². The Morgan fingerprint density at radius 1 is 1.08 bits per heavy atom. The maximum atomic E-state index is 12.4. The first-order chi connectivity index (χ1) is 18.0. The van der Waals surface area contributed by atoms with Crippen molar-refractivity contribution in [2.24, 2.45) is 5.73 Å². The maximum Gasteiger partial charge on any atom is 0.573 e. The highest BCUT2D eigenvalue weighted by atomic mass is 19.4. The molecule has 15 heteroatoms. The van der Waals surface area contributed by atoms with E-state index in [9.17, 15) is 32.3 Å². The molecule has 202 valence electrons. The second-order valence-corrected chi connectivity index (χ2v) is 8.09. The van der Waals surface area contributed by atoms with Crippen LogP contribution in [-0.2, 0) is 29.1 Å². The molecule has 0 aliphatic carbocycles. The predicted molar refractivity (Wildman–Crippen MR) is 127 cm³/mol. The number of primary amides is 1. The fraction of sp³-hybridized carbons (Fsp3) is 0.304. The number of alkyl halides is 3. The average molecular weight is 535 g/mol. The highest BCUT2D eigenvalue weighted by Crippen LogP contribution is 2.23. The van der Waals surface area contributed by atoms with Crippen LogP contribution >= 0.6 is 0 Å². The Bertz CT molecular complexity index is 1350. The summed E-state index contributed by atoms with van der Waals surface area (Å²) in [5.74, 6) is -2.19. The Hall–Kier alpha value is -4.69. The second-order valence-electron chi connectivity index (χ2n) is 8.09. The number of anilines is 1. The minimum Gasteiger partial charge on any atom is -0.406 e. The maximum absolute atomic E-state index is 12.4. The van der Waals surface area contributed by atoms with Crippen LogP contribution in [0.4, 0.5) is 18.9 Å². The summed E-state index contributed by atoms with van der Waals surface area (Å²) in [4.78, 5) is 47.2. The molecule has 0 atom stereocenters. The van der Waals surface area contributed by atoms with Crippen LogP contribution in [0.25, 0.3) is 0 Å². The van der Waals surface area contributed by atoms with Gasteiger partial charge in [-0.15, -0.1) is 18.3 Å². The van der Waals surface area contributed by atoms with Gasteiger partial charge in [0.05, 0.1) is 19.2 Å². The molecule has 0 saturated carbocycles. The second kappa shape index (κ2) is 12.5.